The summed E-state index contributed by atoms with van der Waals surface area (Å²) in [4.78, 5) is 0. The van der Waals surface area contributed by atoms with Crippen LogP contribution < -0.4 is 25.9 Å². The third-order valence-corrected chi connectivity index (χ3v) is 5.59. The summed E-state index contributed by atoms with van der Waals surface area (Å²) in [5.41, 5.74) is 2.44. The van der Waals surface area contributed by atoms with E-state index in [0.717, 1.165) is 9.67 Å². The second-order valence-electron chi connectivity index (χ2n) is 3.84. The number of hydrogen-bond acceptors (Lipinski definition) is 1. The van der Waals surface area contributed by atoms with E-state index in [-0.39, 0.29) is 0 Å². The van der Waals surface area contributed by atoms with Crippen molar-refractivity contribution in [1.29, 1.82) is 0 Å². The molecule has 1 nitrogen and oxygen atoms in total. The molecule has 1 aliphatic rings. The molecule has 2 unspecified atom stereocenters. The molecular weight excluding hydrogens is 311 g/mol. The van der Waals surface area contributed by atoms with Crippen LogP contribution >= 0.6 is 0 Å². The Labute approximate surface area is 107 Å². The van der Waals surface area contributed by atoms with Gasteiger partial charge in [0.25, 0.3) is 0 Å². The molecule has 2 heteroatoms. The van der Waals surface area contributed by atoms with E-state index in [2.05, 4.69) is 44.7 Å². The van der Waals surface area contributed by atoms with Gasteiger partial charge in [-0.15, -0.1) is 0 Å². The van der Waals surface area contributed by atoms with Gasteiger partial charge >= 0.3 is 108 Å². The van der Waals surface area contributed by atoms with E-state index in [0.29, 0.717) is 25.3 Å². The second-order valence-corrected chi connectivity index (χ2v) is 7.75. The molecule has 0 aliphatic carbocycles. The molecule has 1 heterocycles. The zero-order valence-electron chi connectivity index (χ0n) is 9.61. The molecule has 1 aromatic rings. The number of halogens is 1. The van der Waals surface area contributed by atoms with E-state index in [1.807, 2.05) is 6.08 Å². The number of ether oxygens (including phenoxy) is 1. The first-order chi connectivity index (χ1) is 7.72. The van der Waals surface area contributed by atoms with Crippen molar-refractivity contribution in [2.24, 2.45) is 0 Å². The molecule has 1 aromatic carbocycles. The summed E-state index contributed by atoms with van der Waals surface area (Å²) in [5, 5.41) is 0. The van der Waals surface area contributed by atoms with Crippen molar-refractivity contribution in [3.05, 3.63) is 48.1 Å². The Morgan fingerprint density at radius 2 is 2.19 bits per heavy atom. The average molecular weight is 327 g/mol. The Balaban J connectivity index is 2.18. The third-order valence-electron chi connectivity index (χ3n) is 2.59. The Hall–Kier alpha value is -0.770. The molecule has 0 radical (unpaired) electrons. The molecule has 1 aliphatic heterocycles. The quantitative estimate of drug-likeness (QED) is 0.442. The standard InChI is InChI=1S/C14H16IO/c1-4-5-7-12-8-6-9-13(10(12)2)16-14-11(3)15-14/h4-9,11,14H,1H2,2-3H3/q-1/b7-5-. The zero-order chi connectivity index (χ0) is 11.5. The van der Waals surface area contributed by atoms with Crippen LogP contribution in [0.15, 0.2) is 36.9 Å². The predicted molar refractivity (Wildman–Crippen MR) is 64.3 cm³/mol. The predicted octanol–water partition coefficient (Wildman–Crippen LogP) is 0.390. The Kier molecular flexibility index (Phi) is 3.69. The molecule has 16 heavy (non-hydrogen) atoms. The molecular formula is C14H16IO-. The summed E-state index contributed by atoms with van der Waals surface area (Å²) >= 11 is 0.295. The van der Waals surface area contributed by atoms with Crippen molar-refractivity contribution in [3.63, 3.8) is 0 Å². The van der Waals surface area contributed by atoms with Crippen LogP contribution in [-0.2, 0) is 0 Å². The molecule has 0 bridgehead atoms. The number of benzene rings is 1. The summed E-state index contributed by atoms with van der Waals surface area (Å²) < 4.78 is 7.34. The van der Waals surface area contributed by atoms with Crippen molar-refractivity contribution in [3.8, 4) is 5.75 Å². The van der Waals surface area contributed by atoms with E-state index < -0.39 is 0 Å². The average Bonchev–Trinajstić information content (AvgIpc) is 2.96. The summed E-state index contributed by atoms with van der Waals surface area (Å²) in [5.74, 6) is 1.04. The maximum atomic E-state index is 5.98. The van der Waals surface area contributed by atoms with Crippen molar-refractivity contribution in [2.75, 3.05) is 0 Å². The second kappa shape index (κ2) is 5.04. The van der Waals surface area contributed by atoms with Gasteiger partial charge in [-0.1, -0.05) is 0 Å². The van der Waals surface area contributed by atoms with Crippen LogP contribution in [0.2, 0.25) is 0 Å². The number of rotatable bonds is 4. The van der Waals surface area contributed by atoms with Crippen molar-refractivity contribution in [2.45, 2.75) is 21.9 Å². The molecule has 0 amide bonds. The van der Waals surface area contributed by atoms with E-state index >= 15 is 0 Å². The number of allylic oxidation sites excluding steroid dienone is 2. The first kappa shape index (κ1) is 11.7. The van der Waals surface area contributed by atoms with Crippen LogP contribution in [0.3, 0.4) is 0 Å². The van der Waals surface area contributed by atoms with Crippen LogP contribution in [0.5, 0.6) is 5.75 Å². The van der Waals surface area contributed by atoms with Crippen LogP contribution in [0, 0.1) is 6.92 Å². The molecule has 86 valence electrons. The van der Waals surface area contributed by atoms with Gasteiger partial charge < -0.3 is 0 Å². The van der Waals surface area contributed by atoms with Gasteiger partial charge in [-0.3, -0.25) is 0 Å². The normalized spacial score (nSPS) is 23.9. The van der Waals surface area contributed by atoms with E-state index in [4.69, 9.17) is 4.74 Å². The van der Waals surface area contributed by atoms with Gasteiger partial charge in [0, 0.05) is 0 Å². The first-order valence-electron chi connectivity index (χ1n) is 5.39. The summed E-state index contributed by atoms with van der Waals surface area (Å²) in [6, 6.07) is 6.22. The first-order valence-corrected chi connectivity index (χ1v) is 7.89. The fourth-order valence-corrected chi connectivity index (χ4v) is 2.95. The minimum atomic E-state index is 0.295. The maximum absolute atomic E-state index is 5.98. The zero-order valence-corrected chi connectivity index (χ0v) is 11.8. The molecule has 0 N–H and O–H groups in total. The Morgan fingerprint density at radius 3 is 2.81 bits per heavy atom. The fourth-order valence-electron chi connectivity index (χ4n) is 1.51. The fraction of sp³-hybridized carbons (Fsp3) is 0.286. The van der Waals surface area contributed by atoms with Gasteiger partial charge in [-0.25, -0.2) is 0 Å². The van der Waals surface area contributed by atoms with E-state index in [1.165, 1.54) is 11.1 Å². The van der Waals surface area contributed by atoms with Gasteiger partial charge in [0.15, 0.2) is 0 Å². The summed E-state index contributed by atoms with van der Waals surface area (Å²) in [6.07, 6.45) is 5.82. The van der Waals surface area contributed by atoms with Gasteiger partial charge in [-0.2, -0.15) is 0 Å². The molecule has 0 spiro atoms. The van der Waals surface area contributed by atoms with Crippen molar-refractivity contribution < 1.29 is 25.9 Å². The molecule has 0 aromatic heterocycles. The van der Waals surface area contributed by atoms with E-state index in [9.17, 15) is 0 Å². The summed E-state index contributed by atoms with van der Waals surface area (Å²) in [6.45, 7) is 8.07. The molecule has 2 atom stereocenters. The van der Waals surface area contributed by atoms with Gasteiger partial charge in [0.05, 0.1) is 0 Å². The van der Waals surface area contributed by atoms with Crippen molar-refractivity contribution >= 4 is 6.08 Å². The monoisotopic (exact) mass is 327 g/mol. The molecule has 1 fully saturated rings. The van der Waals surface area contributed by atoms with Crippen LogP contribution in [0.25, 0.3) is 6.08 Å². The van der Waals surface area contributed by atoms with E-state index in [1.54, 1.807) is 6.08 Å². The molecule has 1 saturated heterocycles. The van der Waals surface area contributed by atoms with Crippen LogP contribution in [-0.4, -0.2) is 8.04 Å². The third kappa shape index (κ3) is 2.67. The number of alkyl halides is 2. The number of hydrogen-bond donors (Lipinski definition) is 0. The Bertz CT molecular complexity index is 423. The molecule has 0 saturated carbocycles. The van der Waals surface area contributed by atoms with Gasteiger partial charge in [0.2, 0.25) is 0 Å². The SMILES string of the molecule is C=C/C=C\c1cccc(OC2[I-]C2C)c1C. The van der Waals surface area contributed by atoms with Gasteiger partial charge in [-0.05, 0) is 0 Å². The minimum absolute atomic E-state index is 0.295. The van der Waals surface area contributed by atoms with Crippen LogP contribution in [0.1, 0.15) is 18.1 Å². The topological polar surface area (TPSA) is 9.23 Å². The van der Waals surface area contributed by atoms with Crippen molar-refractivity contribution in [1.82, 2.24) is 0 Å². The summed E-state index contributed by atoms with van der Waals surface area (Å²) in [7, 11) is 0. The molecule has 2 rings (SSSR count). The Morgan fingerprint density at radius 1 is 1.44 bits per heavy atom. The van der Waals surface area contributed by atoms with Gasteiger partial charge in [0.1, 0.15) is 0 Å². The van der Waals surface area contributed by atoms with Crippen LogP contribution in [0.4, 0.5) is 0 Å².